The number of nitrogens with zero attached hydrogens (tertiary/aromatic N) is 5. The molecular weight excluding hydrogens is 454 g/mol. The molecule has 37 heavy (non-hydrogen) atoms. The van der Waals surface area contributed by atoms with E-state index in [1.54, 1.807) is 6.20 Å². The third-order valence-electron chi connectivity index (χ3n) is 6.62. The van der Waals surface area contributed by atoms with Crippen LogP contribution < -0.4 is 0 Å². The third kappa shape index (κ3) is 3.65. The van der Waals surface area contributed by atoms with Gasteiger partial charge in [0.25, 0.3) is 0 Å². The van der Waals surface area contributed by atoms with E-state index < -0.39 is 0 Å². The topological polar surface area (TPSA) is 56.0 Å². The molecule has 0 saturated carbocycles. The molecule has 0 unspecified atom stereocenters. The zero-order valence-electron chi connectivity index (χ0n) is 19.9. The number of pyridine rings is 4. The predicted octanol–water partition coefficient (Wildman–Crippen LogP) is 7.34. The van der Waals surface area contributed by atoms with Crippen LogP contribution in [0.2, 0.25) is 0 Å². The molecule has 0 aliphatic carbocycles. The maximum Gasteiger partial charge on any atom is 0.138 e. The molecule has 0 bridgehead atoms. The van der Waals surface area contributed by atoms with Crippen molar-refractivity contribution in [3.05, 3.63) is 128 Å². The lowest BCUT2D eigenvalue weighted by Crippen LogP contribution is -1.93. The van der Waals surface area contributed by atoms with Crippen molar-refractivity contribution in [2.24, 2.45) is 0 Å². The van der Waals surface area contributed by atoms with Gasteiger partial charge in [-0.3, -0.25) is 19.4 Å². The standard InChI is InChI=1S/C32H21N5/c1-2-10-25-24(9-1)23(22-14-17-28(35-21-22)27-11-3-6-18-33-27)15-16-26(25)32-31(29-12-4-7-19-34-29)36-30-13-5-8-20-37(30)32/h1-21H. The lowest BCUT2D eigenvalue weighted by atomic mass is 9.93. The van der Waals surface area contributed by atoms with Gasteiger partial charge in [0.15, 0.2) is 0 Å². The van der Waals surface area contributed by atoms with Crippen LogP contribution in [-0.2, 0) is 0 Å². The molecule has 0 spiro atoms. The van der Waals surface area contributed by atoms with Gasteiger partial charge in [0.05, 0.1) is 22.8 Å². The highest BCUT2D eigenvalue weighted by Gasteiger charge is 2.19. The predicted molar refractivity (Wildman–Crippen MR) is 148 cm³/mol. The molecule has 0 saturated heterocycles. The highest BCUT2D eigenvalue weighted by atomic mass is 15.0. The molecule has 5 heterocycles. The molecular formula is C32H21N5. The molecule has 0 atom stereocenters. The third-order valence-corrected chi connectivity index (χ3v) is 6.62. The van der Waals surface area contributed by atoms with E-state index in [2.05, 4.69) is 63.0 Å². The van der Waals surface area contributed by atoms with E-state index in [1.807, 2.05) is 73.1 Å². The van der Waals surface area contributed by atoms with Crippen LogP contribution in [0.3, 0.4) is 0 Å². The lowest BCUT2D eigenvalue weighted by molar-refractivity contribution is 1.19. The van der Waals surface area contributed by atoms with Gasteiger partial charge >= 0.3 is 0 Å². The molecule has 174 valence electrons. The number of hydrogen-bond acceptors (Lipinski definition) is 4. The maximum absolute atomic E-state index is 4.97. The maximum atomic E-state index is 4.97. The fraction of sp³-hybridized carbons (Fsp3) is 0. The second kappa shape index (κ2) is 8.81. The molecule has 7 rings (SSSR count). The Morgan fingerprint density at radius 2 is 1.19 bits per heavy atom. The second-order valence-corrected chi connectivity index (χ2v) is 8.81. The normalized spacial score (nSPS) is 11.2. The van der Waals surface area contributed by atoms with Crippen molar-refractivity contribution in [2.75, 3.05) is 0 Å². The van der Waals surface area contributed by atoms with Crippen LogP contribution in [0, 0.1) is 0 Å². The van der Waals surface area contributed by atoms with Crippen molar-refractivity contribution in [3.8, 4) is 45.2 Å². The van der Waals surface area contributed by atoms with Crippen LogP contribution in [0.25, 0.3) is 61.6 Å². The van der Waals surface area contributed by atoms with E-state index in [1.165, 1.54) is 0 Å². The molecule has 5 heteroatoms. The minimum absolute atomic E-state index is 0.851. The first kappa shape index (κ1) is 21.1. The molecule has 0 N–H and O–H groups in total. The number of rotatable bonds is 4. The van der Waals surface area contributed by atoms with E-state index in [9.17, 15) is 0 Å². The minimum Gasteiger partial charge on any atom is -0.299 e. The monoisotopic (exact) mass is 475 g/mol. The summed E-state index contributed by atoms with van der Waals surface area (Å²) >= 11 is 0. The van der Waals surface area contributed by atoms with Gasteiger partial charge in [-0.1, -0.05) is 60.7 Å². The summed E-state index contributed by atoms with van der Waals surface area (Å²) in [4.78, 5) is 18.7. The Morgan fingerprint density at radius 1 is 0.514 bits per heavy atom. The Kier molecular flexibility index (Phi) is 5.03. The van der Waals surface area contributed by atoms with Gasteiger partial charge in [0.1, 0.15) is 11.3 Å². The summed E-state index contributed by atoms with van der Waals surface area (Å²) in [5, 5.41) is 2.31. The highest BCUT2D eigenvalue weighted by molar-refractivity contribution is 6.06. The number of fused-ring (bicyclic) bond motifs is 2. The van der Waals surface area contributed by atoms with E-state index in [0.29, 0.717) is 0 Å². The van der Waals surface area contributed by atoms with Crippen molar-refractivity contribution in [3.63, 3.8) is 0 Å². The Morgan fingerprint density at radius 3 is 1.92 bits per heavy atom. The summed E-state index contributed by atoms with van der Waals surface area (Å²) in [6, 6.07) is 34.9. The van der Waals surface area contributed by atoms with Crippen LogP contribution in [0.4, 0.5) is 0 Å². The molecule has 7 aromatic rings. The Balaban J connectivity index is 1.42. The quantitative estimate of drug-likeness (QED) is 0.267. The number of imidazole rings is 1. The number of hydrogen-bond donors (Lipinski definition) is 0. The van der Waals surface area contributed by atoms with Gasteiger partial charge in [-0.2, -0.15) is 0 Å². The van der Waals surface area contributed by atoms with E-state index >= 15 is 0 Å². The first-order valence-corrected chi connectivity index (χ1v) is 12.2. The second-order valence-electron chi connectivity index (χ2n) is 8.81. The van der Waals surface area contributed by atoms with Crippen molar-refractivity contribution >= 4 is 16.4 Å². The smallest absolute Gasteiger partial charge is 0.138 e. The number of aromatic nitrogens is 5. The fourth-order valence-corrected chi connectivity index (χ4v) is 4.91. The van der Waals surface area contributed by atoms with E-state index in [0.717, 1.165) is 61.6 Å². The van der Waals surface area contributed by atoms with Crippen LogP contribution in [0.15, 0.2) is 128 Å². The molecule has 0 fully saturated rings. The number of benzene rings is 2. The molecule has 2 aromatic carbocycles. The summed E-state index contributed by atoms with van der Waals surface area (Å²) in [5.41, 5.74) is 8.66. The minimum atomic E-state index is 0.851. The van der Waals surface area contributed by atoms with E-state index in [-0.39, 0.29) is 0 Å². The van der Waals surface area contributed by atoms with Crippen molar-refractivity contribution in [1.82, 2.24) is 24.3 Å². The Hall–Kier alpha value is -5.16. The first-order valence-electron chi connectivity index (χ1n) is 12.2. The van der Waals surface area contributed by atoms with Crippen molar-refractivity contribution < 1.29 is 0 Å². The van der Waals surface area contributed by atoms with Crippen molar-refractivity contribution in [1.29, 1.82) is 0 Å². The molecule has 0 radical (unpaired) electrons. The summed E-state index contributed by atoms with van der Waals surface area (Å²) in [5.74, 6) is 0. The molecule has 0 aliphatic heterocycles. The van der Waals surface area contributed by atoms with Crippen LogP contribution in [0.1, 0.15) is 0 Å². The Bertz CT molecular complexity index is 1860. The van der Waals surface area contributed by atoms with Gasteiger partial charge in [-0.05, 0) is 58.8 Å². The molecule has 5 aromatic heterocycles. The average Bonchev–Trinajstić information content (AvgIpc) is 3.37. The Labute approximate surface area is 213 Å². The molecule has 0 amide bonds. The summed E-state index contributed by atoms with van der Waals surface area (Å²) in [7, 11) is 0. The highest BCUT2D eigenvalue weighted by Crippen LogP contribution is 2.39. The summed E-state index contributed by atoms with van der Waals surface area (Å²) in [6.45, 7) is 0. The van der Waals surface area contributed by atoms with Gasteiger partial charge in [0.2, 0.25) is 0 Å². The largest absolute Gasteiger partial charge is 0.299 e. The lowest BCUT2D eigenvalue weighted by Gasteiger charge is -2.13. The SMILES string of the molecule is c1ccc(-c2ccc(-c3ccc(-c4c(-c5ccccn5)nc5ccccn45)c4ccccc34)cn2)nc1. The van der Waals surface area contributed by atoms with Crippen LogP contribution >= 0.6 is 0 Å². The first-order chi connectivity index (χ1) is 18.4. The zero-order chi connectivity index (χ0) is 24.6. The van der Waals surface area contributed by atoms with Gasteiger partial charge in [-0.15, -0.1) is 0 Å². The van der Waals surface area contributed by atoms with E-state index in [4.69, 9.17) is 9.97 Å². The summed E-state index contributed by atoms with van der Waals surface area (Å²) < 4.78 is 2.15. The van der Waals surface area contributed by atoms with Gasteiger partial charge in [-0.25, -0.2) is 4.98 Å². The zero-order valence-corrected chi connectivity index (χ0v) is 19.9. The molecule has 0 aliphatic rings. The average molecular weight is 476 g/mol. The van der Waals surface area contributed by atoms with Gasteiger partial charge in [0, 0.05) is 35.9 Å². The molecule has 5 nitrogen and oxygen atoms in total. The van der Waals surface area contributed by atoms with Gasteiger partial charge < -0.3 is 0 Å². The van der Waals surface area contributed by atoms with Crippen LogP contribution in [0.5, 0.6) is 0 Å². The van der Waals surface area contributed by atoms with Crippen LogP contribution in [-0.4, -0.2) is 24.3 Å². The van der Waals surface area contributed by atoms with Crippen molar-refractivity contribution in [2.45, 2.75) is 0 Å². The fourth-order valence-electron chi connectivity index (χ4n) is 4.91. The summed E-state index contributed by atoms with van der Waals surface area (Å²) in [6.07, 6.45) is 7.59.